The molecule has 0 saturated carbocycles. The lowest BCUT2D eigenvalue weighted by atomic mass is 10.3. The first kappa shape index (κ1) is 17.8. The van der Waals surface area contributed by atoms with E-state index < -0.39 is 11.6 Å². The van der Waals surface area contributed by atoms with E-state index >= 15 is 0 Å². The summed E-state index contributed by atoms with van der Waals surface area (Å²) in [6, 6.07) is 6.87. The number of anilines is 3. The number of para-hydroxylation sites is 1. The van der Waals surface area contributed by atoms with Gasteiger partial charge in [0.05, 0.1) is 12.5 Å². The van der Waals surface area contributed by atoms with Crippen molar-refractivity contribution < 1.29 is 18.0 Å². The normalized spacial score (nSPS) is 14.2. The number of nitrogens with zero attached hydrogens (tertiary/aromatic N) is 5. The zero-order valence-corrected chi connectivity index (χ0v) is 14.7. The Morgan fingerprint density at radius 1 is 1.07 bits per heavy atom. The van der Waals surface area contributed by atoms with Crippen LogP contribution in [0.2, 0.25) is 0 Å². The first-order valence-corrected chi connectivity index (χ1v) is 8.60. The standard InChI is InChI=1S/C18H16F2N6O2/c19-12-3-1-4-13(20)16(12)22-15-11-21-24-18(23-15)26-8-6-25(7-9-26)17(27)14-5-2-10-28-14/h1-5,10-11H,6-9H2,(H,22,23,24). The van der Waals surface area contributed by atoms with E-state index in [1.165, 1.54) is 18.5 Å². The van der Waals surface area contributed by atoms with Gasteiger partial charge in [0, 0.05) is 26.2 Å². The number of hydrogen-bond acceptors (Lipinski definition) is 7. The van der Waals surface area contributed by atoms with Gasteiger partial charge in [-0.05, 0) is 24.3 Å². The van der Waals surface area contributed by atoms with Crippen molar-refractivity contribution in [3.63, 3.8) is 0 Å². The molecule has 3 heterocycles. The number of halogens is 2. The molecule has 0 atom stereocenters. The maximum Gasteiger partial charge on any atom is 0.289 e. The molecule has 1 aliphatic rings. The lowest BCUT2D eigenvalue weighted by Crippen LogP contribution is -2.49. The number of carbonyl (C=O) groups is 1. The summed E-state index contributed by atoms with van der Waals surface area (Å²) in [5.74, 6) is -0.857. The summed E-state index contributed by atoms with van der Waals surface area (Å²) < 4.78 is 32.8. The van der Waals surface area contributed by atoms with Crippen molar-refractivity contribution in [1.29, 1.82) is 0 Å². The average molecular weight is 386 g/mol. The number of amides is 1. The minimum atomic E-state index is -0.731. The van der Waals surface area contributed by atoms with Crippen LogP contribution >= 0.6 is 0 Å². The van der Waals surface area contributed by atoms with Gasteiger partial charge in [-0.25, -0.2) is 8.78 Å². The molecule has 1 fully saturated rings. The Bertz CT molecular complexity index is 954. The molecule has 3 aromatic rings. The maximum atomic E-state index is 13.8. The molecule has 0 bridgehead atoms. The molecule has 144 valence electrons. The van der Waals surface area contributed by atoms with Crippen LogP contribution in [0.4, 0.5) is 26.2 Å². The molecule has 1 saturated heterocycles. The molecule has 1 N–H and O–H groups in total. The van der Waals surface area contributed by atoms with Gasteiger partial charge >= 0.3 is 0 Å². The van der Waals surface area contributed by atoms with E-state index in [-0.39, 0.29) is 17.4 Å². The highest BCUT2D eigenvalue weighted by atomic mass is 19.1. The number of benzene rings is 1. The molecule has 10 heteroatoms. The Labute approximate surface area is 158 Å². The monoisotopic (exact) mass is 386 g/mol. The van der Waals surface area contributed by atoms with Gasteiger partial charge in [-0.3, -0.25) is 4.79 Å². The highest BCUT2D eigenvalue weighted by Crippen LogP contribution is 2.22. The minimum Gasteiger partial charge on any atom is -0.459 e. The van der Waals surface area contributed by atoms with Crippen LogP contribution in [0, 0.1) is 11.6 Å². The molecule has 0 spiro atoms. The summed E-state index contributed by atoms with van der Waals surface area (Å²) in [5.41, 5.74) is -0.303. The van der Waals surface area contributed by atoms with Crippen molar-refractivity contribution in [3.05, 3.63) is 60.2 Å². The molecule has 4 rings (SSSR count). The van der Waals surface area contributed by atoms with Crippen molar-refractivity contribution in [3.8, 4) is 0 Å². The summed E-state index contributed by atoms with van der Waals surface area (Å²) >= 11 is 0. The van der Waals surface area contributed by atoms with Gasteiger partial charge in [-0.2, -0.15) is 10.1 Å². The lowest BCUT2D eigenvalue weighted by molar-refractivity contribution is 0.0714. The van der Waals surface area contributed by atoms with Gasteiger partial charge in [0.1, 0.15) is 17.3 Å². The zero-order chi connectivity index (χ0) is 19.5. The van der Waals surface area contributed by atoms with Crippen molar-refractivity contribution in [1.82, 2.24) is 20.1 Å². The fourth-order valence-corrected chi connectivity index (χ4v) is 2.90. The third-order valence-corrected chi connectivity index (χ3v) is 4.35. The minimum absolute atomic E-state index is 0.170. The second-order valence-corrected chi connectivity index (χ2v) is 6.12. The summed E-state index contributed by atoms with van der Waals surface area (Å²) in [6.45, 7) is 1.91. The fraction of sp³-hybridized carbons (Fsp3) is 0.222. The molecule has 1 aliphatic heterocycles. The van der Waals surface area contributed by atoms with E-state index in [9.17, 15) is 13.6 Å². The van der Waals surface area contributed by atoms with E-state index in [0.29, 0.717) is 37.9 Å². The largest absolute Gasteiger partial charge is 0.459 e. The highest BCUT2D eigenvalue weighted by Gasteiger charge is 2.25. The van der Waals surface area contributed by atoms with E-state index in [1.807, 2.05) is 4.90 Å². The Morgan fingerprint density at radius 3 is 2.50 bits per heavy atom. The van der Waals surface area contributed by atoms with Crippen LogP contribution in [0.3, 0.4) is 0 Å². The SMILES string of the molecule is O=C(c1ccco1)N1CCN(c2nncc(Nc3c(F)cccc3F)n2)CC1. The number of rotatable bonds is 4. The number of aromatic nitrogens is 3. The van der Waals surface area contributed by atoms with Gasteiger partial charge in [-0.1, -0.05) is 6.07 Å². The van der Waals surface area contributed by atoms with E-state index in [1.54, 1.807) is 17.0 Å². The third kappa shape index (κ3) is 3.61. The van der Waals surface area contributed by atoms with Crippen molar-refractivity contribution in [2.24, 2.45) is 0 Å². The van der Waals surface area contributed by atoms with E-state index in [2.05, 4.69) is 20.5 Å². The summed E-state index contributed by atoms with van der Waals surface area (Å²) in [6.07, 6.45) is 2.74. The van der Waals surface area contributed by atoms with Gasteiger partial charge in [0.2, 0.25) is 5.95 Å². The Balaban J connectivity index is 1.43. The summed E-state index contributed by atoms with van der Waals surface area (Å²) in [4.78, 5) is 20.1. The Morgan fingerprint density at radius 2 is 1.82 bits per heavy atom. The average Bonchev–Trinajstić information content (AvgIpc) is 3.26. The van der Waals surface area contributed by atoms with Crippen molar-refractivity contribution in [2.45, 2.75) is 0 Å². The predicted molar refractivity (Wildman–Crippen MR) is 96.3 cm³/mol. The lowest BCUT2D eigenvalue weighted by Gasteiger charge is -2.34. The zero-order valence-electron chi connectivity index (χ0n) is 14.7. The summed E-state index contributed by atoms with van der Waals surface area (Å²) in [7, 11) is 0. The number of hydrogen-bond donors (Lipinski definition) is 1. The second-order valence-electron chi connectivity index (χ2n) is 6.12. The third-order valence-electron chi connectivity index (χ3n) is 4.35. The first-order chi connectivity index (χ1) is 13.6. The second kappa shape index (κ2) is 7.59. The fourth-order valence-electron chi connectivity index (χ4n) is 2.90. The molecular formula is C18H16F2N6O2. The molecular weight excluding hydrogens is 370 g/mol. The highest BCUT2D eigenvalue weighted by molar-refractivity contribution is 5.91. The summed E-state index contributed by atoms with van der Waals surface area (Å²) in [5, 5.41) is 10.4. The Kier molecular flexibility index (Phi) is 4.83. The van der Waals surface area contributed by atoms with Crippen LogP contribution in [0.1, 0.15) is 10.6 Å². The van der Waals surface area contributed by atoms with Gasteiger partial charge in [0.15, 0.2) is 11.6 Å². The quantitative estimate of drug-likeness (QED) is 0.737. The van der Waals surface area contributed by atoms with Crippen molar-refractivity contribution >= 4 is 23.4 Å². The van der Waals surface area contributed by atoms with Crippen LogP contribution in [-0.2, 0) is 0 Å². The predicted octanol–water partition coefficient (Wildman–Crippen LogP) is 2.45. The topological polar surface area (TPSA) is 87.4 Å². The first-order valence-electron chi connectivity index (χ1n) is 8.60. The van der Waals surface area contributed by atoms with E-state index in [0.717, 1.165) is 12.1 Å². The van der Waals surface area contributed by atoms with E-state index in [4.69, 9.17) is 4.42 Å². The van der Waals surface area contributed by atoms with Crippen LogP contribution in [0.25, 0.3) is 0 Å². The van der Waals surface area contributed by atoms with Gasteiger partial charge in [-0.15, -0.1) is 5.10 Å². The Hall–Kier alpha value is -3.56. The smallest absolute Gasteiger partial charge is 0.289 e. The van der Waals surface area contributed by atoms with Crippen LogP contribution in [0.15, 0.2) is 47.2 Å². The molecule has 2 aromatic heterocycles. The molecule has 28 heavy (non-hydrogen) atoms. The van der Waals surface area contributed by atoms with Crippen LogP contribution in [-0.4, -0.2) is 52.2 Å². The van der Waals surface area contributed by atoms with Gasteiger partial charge < -0.3 is 19.5 Å². The molecule has 1 aromatic carbocycles. The number of piperazine rings is 1. The maximum absolute atomic E-state index is 13.8. The van der Waals surface area contributed by atoms with Crippen molar-refractivity contribution in [2.75, 3.05) is 36.4 Å². The molecule has 1 amide bonds. The molecule has 8 nitrogen and oxygen atoms in total. The molecule has 0 aliphatic carbocycles. The molecule has 0 radical (unpaired) electrons. The number of furan rings is 1. The van der Waals surface area contributed by atoms with Gasteiger partial charge in [0.25, 0.3) is 5.91 Å². The molecule has 0 unspecified atom stereocenters. The van der Waals surface area contributed by atoms with Crippen LogP contribution in [0.5, 0.6) is 0 Å². The number of nitrogens with one attached hydrogen (secondary N) is 1. The van der Waals surface area contributed by atoms with Crippen LogP contribution < -0.4 is 10.2 Å². The number of carbonyl (C=O) groups excluding carboxylic acids is 1.